The topological polar surface area (TPSA) is 77.2 Å². The monoisotopic (exact) mass is 305 g/mol. The van der Waals surface area contributed by atoms with Gasteiger partial charge in [0.2, 0.25) is 0 Å². The Balaban J connectivity index is 0.00000180. The number of aromatic nitrogens is 1. The zero-order valence-electron chi connectivity index (χ0n) is 10.8. The van der Waals surface area contributed by atoms with Crippen molar-refractivity contribution in [3.63, 3.8) is 0 Å². The lowest BCUT2D eigenvalue weighted by molar-refractivity contribution is 0.0642. The fourth-order valence-electron chi connectivity index (χ4n) is 1.93. The Labute approximate surface area is 123 Å². The van der Waals surface area contributed by atoms with Gasteiger partial charge in [0.15, 0.2) is 0 Å². The Bertz CT molecular complexity index is 394. The van der Waals surface area contributed by atoms with E-state index in [1.807, 2.05) is 0 Å². The van der Waals surface area contributed by atoms with Crippen molar-refractivity contribution in [2.45, 2.75) is 19.3 Å². The molecule has 0 aromatic carbocycles. The molecule has 0 spiro atoms. The van der Waals surface area contributed by atoms with Gasteiger partial charge in [0.05, 0.1) is 5.01 Å². The number of hydrogen-bond donors (Lipinski definition) is 2. The highest BCUT2D eigenvalue weighted by atomic mass is 35.5. The van der Waals surface area contributed by atoms with Crippen LogP contribution in [-0.4, -0.2) is 37.2 Å². The first-order valence-electron chi connectivity index (χ1n) is 6.30. The van der Waals surface area contributed by atoms with Crippen LogP contribution in [-0.2, 0) is 11.2 Å². The maximum atomic E-state index is 11.9. The highest BCUT2D eigenvalue weighted by Crippen LogP contribution is 2.14. The molecule has 1 aliphatic rings. The summed E-state index contributed by atoms with van der Waals surface area (Å²) < 4.78 is 5.29. The average molecular weight is 306 g/mol. The second kappa shape index (κ2) is 8.47. The average Bonchev–Trinajstić information content (AvgIpc) is 2.86. The van der Waals surface area contributed by atoms with Crippen LogP contribution in [0.3, 0.4) is 0 Å². The molecule has 0 radical (unpaired) electrons. The fraction of sp³-hybridized carbons (Fsp3) is 0.667. The zero-order valence-corrected chi connectivity index (χ0v) is 12.4. The van der Waals surface area contributed by atoms with Crippen molar-refractivity contribution in [3.8, 4) is 0 Å². The number of carbonyl (C=O) groups is 1. The van der Waals surface area contributed by atoms with Gasteiger partial charge in [0, 0.05) is 31.6 Å². The van der Waals surface area contributed by atoms with Gasteiger partial charge < -0.3 is 15.8 Å². The van der Waals surface area contributed by atoms with Gasteiger partial charge in [0.25, 0.3) is 5.91 Å². The summed E-state index contributed by atoms with van der Waals surface area (Å²) in [6, 6.07) is 0. The van der Waals surface area contributed by atoms with Crippen LogP contribution in [0.2, 0.25) is 0 Å². The van der Waals surface area contributed by atoms with E-state index in [1.165, 1.54) is 11.3 Å². The van der Waals surface area contributed by atoms with Gasteiger partial charge in [0.1, 0.15) is 5.69 Å². The largest absolute Gasteiger partial charge is 0.381 e. The molecule has 1 amide bonds. The third-order valence-electron chi connectivity index (χ3n) is 3.03. The van der Waals surface area contributed by atoms with Crippen LogP contribution in [0.25, 0.3) is 0 Å². The minimum Gasteiger partial charge on any atom is -0.381 e. The van der Waals surface area contributed by atoms with Gasteiger partial charge in [-0.1, -0.05) is 0 Å². The highest BCUT2D eigenvalue weighted by molar-refractivity contribution is 7.09. The highest BCUT2D eigenvalue weighted by Gasteiger charge is 2.16. The molecule has 0 aliphatic carbocycles. The summed E-state index contributed by atoms with van der Waals surface area (Å²) in [5.41, 5.74) is 5.97. The van der Waals surface area contributed by atoms with Crippen molar-refractivity contribution in [1.29, 1.82) is 0 Å². The first kappa shape index (κ1) is 16.4. The lowest BCUT2D eigenvalue weighted by Crippen LogP contribution is -2.32. The van der Waals surface area contributed by atoms with Crippen molar-refractivity contribution in [1.82, 2.24) is 10.3 Å². The van der Waals surface area contributed by atoms with E-state index >= 15 is 0 Å². The second-order valence-electron chi connectivity index (χ2n) is 4.43. The molecule has 2 rings (SSSR count). The number of nitrogens with zero attached hydrogens (tertiary/aromatic N) is 1. The smallest absolute Gasteiger partial charge is 0.270 e. The van der Waals surface area contributed by atoms with Crippen LogP contribution in [0.1, 0.15) is 28.3 Å². The van der Waals surface area contributed by atoms with Crippen molar-refractivity contribution in [2.24, 2.45) is 11.7 Å². The molecule has 1 aromatic rings. The SMILES string of the molecule is Cl.NCCc1nc(C(=O)NCC2CCOCC2)cs1. The number of nitrogens with two attached hydrogens (primary N) is 1. The van der Waals surface area contributed by atoms with E-state index in [0.29, 0.717) is 24.7 Å². The fourth-order valence-corrected chi connectivity index (χ4v) is 2.73. The van der Waals surface area contributed by atoms with Crippen molar-refractivity contribution in [2.75, 3.05) is 26.3 Å². The molecular weight excluding hydrogens is 286 g/mol. The van der Waals surface area contributed by atoms with E-state index in [0.717, 1.165) is 37.5 Å². The number of carbonyl (C=O) groups excluding carboxylic acids is 1. The molecular formula is C12H20ClN3O2S. The molecule has 0 unspecified atom stereocenters. The van der Waals surface area contributed by atoms with Gasteiger partial charge in [-0.2, -0.15) is 0 Å². The minimum absolute atomic E-state index is 0. The van der Waals surface area contributed by atoms with Crippen LogP contribution in [0, 0.1) is 5.92 Å². The van der Waals surface area contributed by atoms with Gasteiger partial charge in [-0.15, -0.1) is 23.7 Å². The van der Waals surface area contributed by atoms with E-state index in [4.69, 9.17) is 10.5 Å². The van der Waals surface area contributed by atoms with Crippen molar-refractivity contribution >= 4 is 29.7 Å². The van der Waals surface area contributed by atoms with E-state index in [-0.39, 0.29) is 18.3 Å². The lowest BCUT2D eigenvalue weighted by Gasteiger charge is -2.21. The molecule has 1 aliphatic heterocycles. The van der Waals surface area contributed by atoms with Gasteiger partial charge >= 0.3 is 0 Å². The Morgan fingerprint density at radius 3 is 2.95 bits per heavy atom. The van der Waals surface area contributed by atoms with E-state index in [1.54, 1.807) is 5.38 Å². The standard InChI is InChI=1S/C12H19N3O2S.ClH/c13-4-1-11-15-10(8-18-11)12(16)14-7-9-2-5-17-6-3-9;/h8-9H,1-7,13H2,(H,14,16);1H. The van der Waals surface area contributed by atoms with Crippen LogP contribution >= 0.6 is 23.7 Å². The predicted octanol–water partition coefficient (Wildman–Crippen LogP) is 1.22. The van der Waals surface area contributed by atoms with Crippen LogP contribution in [0.15, 0.2) is 5.38 Å². The number of hydrogen-bond acceptors (Lipinski definition) is 5. The Hall–Kier alpha value is -0.690. The number of ether oxygens (including phenoxy) is 1. The summed E-state index contributed by atoms with van der Waals surface area (Å²) in [4.78, 5) is 16.1. The lowest BCUT2D eigenvalue weighted by atomic mass is 10.0. The Morgan fingerprint density at radius 1 is 1.53 bits per heavy atom. The summed E-state index contributed by atoms with van der Waals surface area (Å²) >= 11 is 1.49. The molecule has 1 fully saturated rings. The van der Waals surface area contributed by atoms with Gasteiger partial charge in [-0.05, 0) is 25.3 Å². The Morgan fingerprint density at radius 2 is 2.26 bits per heavy atom. The summed E-state index contributed by atoms with van der Waals surface area (Å²) in [6.07, 6.45) is 2.78. The summed E-state index contributed by atoms with van der Waals surface area (Å²) in [5, 5.41) is 5.66. The number of thiazole rings is 1. The molecule has 7 heteroatoms. The van der Waals surface area contributed by atoms with E-state index in [9.17, 15) is 4.79 Å². The number of amides is 1. The molecule has 0 saturated carbocycles. The van der Waals surface area contributed by atoms with Gasteiger partial charge in [-0.3, -0.25) is 4.79 Å². The first-order valence-corrected chi connectivity index (χ1v) is 7.18. The van der Waals surface area contributed by atoms with Crippen molar-refractivity contribution < 1.29 is 9.53 Å². The molecule has 1 saturated heterocycles. The maximum Gasteiger partial charge on any atom is 0.270 e. The third-order valence-corrected chi connectivity index (χ3v) is 3.94. The van der Waals surface area contributed by atoms with Gasteiger partial charge in [-0.25, -0.2) is 4.98 Å². The third kappa shape index (κ3) is 5.06. The molecule has 19 heavy (non-hydrogen) atoms. The maximum absolute atomic E-state index is 11.9. The molecule has 3 N–H and O–H groups in total. The quantitative estimate of drug-likeness (QED) is 0.857. The number of rotatable bonds is 5. The minimum atomic E-state index is -0.0824. The van der Waals surface area contributed by atoms with Crippen LogP contribution < -0.4 is 11.1 Å². The summed E-state index contributed by atoms with van der Waals surface area (Å²) in [6.45, 7) is 2.89. The zero-order chi connectivity index (χ0) is 12.8. The second-order valence-corrected chi connectivity index (χ2v) is 5.37. The number of nitrogens with one attached hydrogen (secondary N) is 1. The first-order chi connectivity index (χ1) is 8.79. The van der Waals surface area contributed by atoms with Crippen LogP contribution in [0.5, 0.6) is 0 Å². The van der Waals surface area contributed by atoms with E-state index in [2.05, 4.69) is 10.3 Å². The molecule has 0 atom stereocenters. The molecule has 108 valence electrons. The summed E-state index contributed by atoms with van der Waals surface area (Å²) in [7, 11) is 0. The normalized spacial score (nSPS) is 15.8. The van der Waals surface area contributed by atoms with Crippen LogP contribution in [0.4, 0.5) is 0 Å². The Kier molecular flexibility index (Phi) is 7.30. The summed E-state index contributed by atoms with van der Waals surface area (Å²) in [5.74, 6) is 0.450. The predicted molar refractivity (Wildman–Crippen MR) is 78.0 cm³/mol. The molecule has 0 bridgehead atoms. The van der Waals surface area contributed by atoms with E-state index < -0.39 is 0 Å². The van der Waals surface area contributed by atoms with Crippen molar-refractivity contribution in [3.05, 3.63) is 16.1 Å². The number of halogens is 1. The molecule has 2 heterocycles. The molecule has 1 aromatic heterocycles. The molecule has 5 nitrogen and oxygen atoms in total.